The Balaban J connectivity index is 2.27. The van der Waals surface area contributed by atoms with Crippen LogP contribution in [0.5, 0.6) is 0 Å². The van der Waals surface area contributed by atoms with Crippen molar-refractivity contribution in [1.82, 2.24) is 9.97 Å². The predicted molar refractivity (Wildman–Crippen MR) is 98.2 cm³/mol. The molecule has 0 atom stereocenters. The molecule has 2 aromatic rings. The van der Waals surface area contributed by atoms with E-state index in [0.717, 1.165) is 31.0 Å². The number of benzene rings is 1. The maximum atomic E-state index is 6.32. The van der Waals surface area contributed by atoms with Crippen LogP contribution < -0.4 is 16.0 Å². The van der Waals surface area contributed by atoms with E-state index in [9.17, 15) is 0 Å². The van der Waals surface area contributed by atoms with E-state index in [1.165, 1.54) is 5.56 Å². The third-order valence-corrected chi connectivity index (χ3v) is 3.76. The molecule has 0 aliphatic carbocycles. The Labute approximate surface area is 138 Å². The molecule has 0 aliphatic heterocycles. The summed E-state index contributed by atoms with van der Waals surface area (Å²) in [4.78, 5) is 10.8. The monoisotopic (exact) mass is 313 g/mol. The largest absolute Gasteiger partial charge is 0.393 e. The molecule has 0 saturated heterocycles. The molecule has 2 rings (SSSR count). The molecule has 5 nitrogen and oxygen atoms in total. The number of aromatic nitrogens is 2. The minimum atomic E-state index is 0.597. The van der Waals surface area contributed by atoms with Gasteiger partial charge in [-0.05, 0) is 43.9 Å². The number of nitrogens with two attached hydrogens (primary N) is 1. The van der Waals surface area contributed by atoms with E-state index < -0.39 is 0 Å². The molecule has 0 amide bonds. The molecule has 3 N–H and O–H groups in total. The summed E-state index contributed by atoms with van der Waals surface area (Å²) in [6.45, 7) is 10.2. The van der Waals surface area contributed by atoms with Gasteiger partial charge < -0.3 is 16.0 Å². The number of nitrogen functional groups attached to an aromatic ring is 1. The van der Waals surface area contributed by atoms with E-state index in [0.29, 0.717) is 17.4 Å². The van der Waals surface area contributed by atoms with E-state index >= 15 is 0 Å². The molecule has 0 spiro atoms. The van der Waals surface area contributed by atoms with Crippen molar-refractivity contribution in [2.24, 2.45) is 5.92 Å². The lowest BCUT2D eigenvalue weighted by molar-refractivity contribution is 0.606. The van der Waals surface area contributed by atoms with Crippen LogP contribution >= 0.6 is 0 Å². The summed E-state index contributed by atoms with van der Waals surface area (Å²) in [5, 5.41) is 3.32. The molecule has 1 aromatic carbocycles. The molecule has 1 aromatic heterocycles. The zero-order valence-electron chi connectivity index (χ0n) is 14.5. The van der Waals surface area contributed by atoms with E-state index in [-0.39, 0.29) is 0 Å². The average molecular weight is 313 g/mol. The van der Waals surface area contributed by atoms with Crippen LogP contribution in [0.15, 0.2) is 30.6 Å². The van der Waals surface area contributed by atoms with Crippen molar-refractivity contribution in [3.05, 3.63) is 36.2 Å². The van der Waals surface area contributed by atoms with Crippen LogP contribution in [0, 0.1) is 12.8 Å². The van der Waals surface area contributed by atoms with E-state index in [2.05, 4.69) is 66.1 Å². The summed E-state index contributed by atoms with van der Waals surface area (Å²) in [6, 6.07) is 8.34. The van der Waals surface area contributed by atoms with Gasteiger partial charge in [-0.15, -0.1) is 0 Å². The zero-order chi connectivity index (χ0) is 16.8. The van der Waals surface area contributed by atoms with Crippen molar-refractivity contribution < 1.29 is 0 Å². The second-order valence-corrected chi connectivity index (χ2v) is 6.15. The van der Waals surface area contributed by atoms with E-state index in [1.807, 2.05) is 6.07 Å². The molecule has 0 saturated carbocycles. The summed E-state index contributed by atoms with van der Waals surface area (Å²) < 4.78 is 0. The Kier molecular flexibility index (Phi) is 5.79. The lowest BCUT2D eigenvalue weighted by Crippen LogP contribution is -2.20. The van der Waals surface area contributed by atoms with Crippen LogP contribution in [0.25, 0.3) is 0 Å². The van der Waals surface area contributed by atoms with Crippen LogP contribution in [0.3, 0.4) is 0 Å². The molecule has 23 heavy (non-hydrogen) atoms. The average Bonchev–Trinajstić information content (AvgIpc) is 2.51. The summed E-state index contributed by atoms with van der Waals surface area (Å²) in [5.74, 6) is 2.10. The van der Waals surface area contributed by atoms with Gasteiger partial charge in [0.05, 0.1) is 0 Å². The van der Waals surface area contributed by atoms with Gasteiger partial charge in [0, 0.05) is 18.8 Å². The van der Waals surface area contributed by atoms with Gasteiger partial charge in [-0.2, -0.15) is 0 Å². The molecule has 0 fully saturated rings. The Morgan fingerprint density at radius 3 is 2.70 bits per heavy atom. The highest BCUT2D eigenvalue weighted by atomic mass is 15.2. The fourth-order valence-corrected chi connectivity index (χ4v) is 2.47. The number of rotatable bonds is 7. The topological polar surface area (TPSA) is 67.1 Å². The molecular formula is C18H27N5. The van der Waals surface area contributed by atoms with Crippen LogP contribution in [-0.2, 0) is 0 Å². The SMILES string of the molecule is CCN(c1cccc(C)c1)c1ncnc(NCCC(C)C)c1N. The first-order chi connectivity index (χ1) is 11.0. The molecular weight excluding hydrogens is 286 g/mol. The minimum absolute atomic E-state index is 0.597. The van der Waals surface area contributed by atoms with Crippen LogP contribution in [0.1, 0.15) is 32.8 Å². The second-order valence-electron chi connectivity index (χ2n) is 6.15. The van der Waals surface area contributed by atoms with Crippen molar-refractivity contribution in [3.8, 4) is 0 Å². The van der Waals surface area contributed by atoms with Gasteiger partial charge in [0.25, 0.3) is 0 Å². The third-order valence-electron chi connectivity index (χ3n) is 3.76. The smallest absolute Gasteiger partial charge is 0.161 e. The molecule has 0 unspecified atom stereocenters. The van der Waals surface area contributed by atoms with Gasteiger partial charge in [-0.3, -0.25) is 0 Å². The quantitative estimate of drug-likeness (QED) is 0.809. The van der Waals surface area contributed by atoms with Crippen molar-refractivity contribution in [3.63, 3.8) is 0 Å². The van der Waals surface area contributed by atoms with Crippen molar-refractivity contribution >= 4 is 23.0 Å². The van der Waals surface area contributed by atoms with E-state index in [1.54, 1.807) is 6.33 Å². The molecule has 1 heterocycles. The fourth-order valence-electron chi connectivity index (χ4n) is 2.47. The minimum Gasteiger partial charge on any atom is -0.393 e. The Morgan fingerprint density at radius 2 is 2.04 bits per heavy atom. The van der Waals surface area contributed by atoms with Crippen molar-refractivity contribution in [2.75, 3.05) is 29.0 Å². The number of anilines is 4. The Hall–Kier alpha value is -2.30. The van der Waals surface area contributed by atoms with Crippen molar-refractivity contribution in [1.29, 1.82) is 0 Å². The highest BCUT2D eigenvalue weighted by Crippen LogP contribution is 2.31. The number of nitrogens with zero attached hydrogens (tertiary/aromatic N) is 3. The number of hydrogen-bond donors (Lipinski definition) is 2. The molecule has 0 aliphatic rings. The zero-order valence-corrected chi connectivity index (χ0v) is 14.5. The van der Waals surface area contributed by atoms with Gasteiger partial charge in [-0.25, -0.2) is 9.97 Å². The Morgan fingerprint density at radius 1 is 1.26 bits per heavy atom. The second kappa shape index (κ2) is 7.81. The Bertz CT molecular complexity index is 639. The number of hydrogen-bond acceptors (Lipinski definition) is 5. The van der Waals surface area contributed by atoms with E-state index in [4.69, 9.17) is 5.73 Å². The van der Waals surface area contributed by atoms with Gasteiger partial charge in [-0.1, -0.05) is 26.0 Å². The van der Waals surface area contributed by atoms with Crippen molar-refractivity contribution in [2.45, 2.75) is 34.1 Å². The third kappa shape index (κ3) is 4.34. The van der Waals surface area contributed by atoms with Crippen LogP contribution in [0.4, 0.5) is 23.0 Å². The van der Waals surface area contributed by atoms with Gasteiger partial charge in [0.2, 0.25) is 0 Å². The molecule has 5 heteroatoms. The molecule has 0 bridgehead atoms. The summed E-state index contributed by atoms with van der Waals surface area (Å²) in [6.07, 6.45) is 2.65. The van der Waals surface area contributed by atoms with Crippen LogP contribution in [0.2, 0.25) is 0 Å². The van der Waals surface area contributed by atoms with Crippen LogP contribution in [-0.4, -0.2) is 23.1 Å². The lowest BCUT2D eigenvalue weighted by Gasteiger charge is -2.24. The number of nitrogens with one attached hydrogen (secondary N) is 1. The lowest BCUT2D eigenvalue weighted by atomic mass is 10.1. The normalized spacial score (nSPS) is 10.8. The van der Waals surface area contributed by atoms with Gasteiger partial charge >= 0.3 is 0 Å². The summed E-state index contributed by atoms with van der Waals surface area (Å²) in [5.41, 5.74) is 9.22. The summed E-state index contributed by atoms with van der Waals surface area (Å²) >= 11 is 0. The van der Waals surface area contributed by atoms with Gasteiger partial charge in [0.15, 0.2) is 11.6 Å². The molecule has 124 valence electrons. The number of aryl methyl sites for hydroxylation is 1. The summed E-state index contributed by atoms with van der Waals surface area (Å²) in [7, 11) is 0. The standard InChI is InChI=1S/C18H27N5/c1-5-23(15-8-6-7-14(4)11-15)18-16(19)17(21-12-22-18)20-10-9-13(2)3/h6-8,11-13H,5,9-10,19H2,1-4H3,(H,20,21,22). The molecule has 0 radical (unpaired) electrons. The first-order valence-electron chi connectivity index (χ1n) is 8.21. The highest BCUT2D eigenvalue weighted by Gasteiger charge is 2.15. The maximum absolute atomic E-state index is 6.32. The predicted octanol–water partition coefficient (Wildman–Crippen LogP) is 3.98. The highest BCUT2D eigenvalue weighted by molar-refractivity contribution is 5.79. The first kappa shape index (κ1) is 17.1. The first-order valence-corrected chi connectivity index (χ1v) is 8.21. The van der Waals surface area contributed by atoms with Gasteiger partial charge in [0.1, 0.15) is 12.0 Å². The fraction of sp³-hybridized carbons (Fsp3) is 0.444. The maximum Gasteiger partial charge on any atom is 0.161 e.